The van der Waals surface area contributed by atoms with Crippen molar-refractivity contribution < 1.29 is 23.8 Å². The van der Waals surface area contributed by atoms with Crippen molar-refractivity contribution in [1.82, 2.24) is 0 Å². The molecule has 0 aromatic heterocycles. The first-order valence-corrected chi connectivity index (χ1v) is 12.9. The van der Waals surface area contributed by atoms with Crippen LogP contribution in [0.1, 0.15) is 84.5 Å². The standard InChI is InChI=1S/C28H40O5/c1-3-5-6-20-31-24-16-18-26(19-17-24)33-28(30)23-10-8-21(9-11-23)22-12-14-25(15-13-22)32-27(29)7-4-2/h4,7,16-19,21-23,25H,3,5-6,8-15,20H2,1-2H3/b7-4+. The highest BCUT2D eigenvalue weighted by Crippen LogP contribution is 2.41. The van der Waals surface area contributed by atoms with Gasteiger partial charge in [0.25, 0.3) is 0 Å². The summed E-state index contributed by atoms with van der Waals surface area (Å²) in [6, 6.07) is 7.38. The molecule has 182 valence electrons. The minimum atomic E-state index is -0.228. The highest BCUT2D eigenvalue weighted by atomic mass is 16.5. The monoisotopic (exact) mass is 456 g/mol. The van der Waals surface area contributed by atoms with Crippen molar-refractivity contribution in [2.45, 2.75) is 90.6 Å². The number of hydrogen-bond donors (Lipinski definition) is 0. The van der Waals surface area contributed by atoms with E-state index in [0.717, 1.165) is 70.1 Å². The van der Waals surface area contributed by atoms with Crippen molar-refractivity contribution in [3.63, 3.8) is 0 Å². The number of rotatable bonds is 10. The van der Waals surface area contributed by atoms with Gasteiger partial charge in [0.1, 0.15) is 17.6 Å². The molecule has 5 heteroatoms. The Morgan fingerprint density at radius 2 is 1.48 bits per heavy atom. The molecule has 0 aliphatic heterocycles. The van der Waals surface area contributed by atoms with Gasteiger partial charge in [-0.3, -0.25) is 4.79 Å². The Labute approximate surface area is 198 Å². The molecule has 2 fully saturated rings. The summed E-state index contributed by atoms with van der Waals surface area (Å²) in [6.07, 6.45) is 14.8. The number of esters is 2. The zero-order valence-corrected chi connectivity index (χ0v) is 20.3. The maximum Gasteiger partial charge on any atom is 0.330 e. The van der Waals surface area contributed by atoms with Crippen molar-refractivity contribution in [2.75, 3.05) is 6.61 Å². The maximum atomic E-state index is 12.7. The minimum absolute atomic E-state index is 0.00987. The van der Waals surface area contributed by atoms with E-state index in [2.05, 4.69) is 6.92 Å². The molecule has 33 heavy (non-hydrogen) atoms. The second-order valence-corrected chi connectivity index (χ2v) is 9.53. The molecule has 0 spiro atoms. The molecule has 2 saturated carbocycles. The highest BCUT2D eigenvalue weighted by molar-refractivity contribution is 5.81. The largest absolute Gasteiger partial charge is 0.494 e. The molecule has 0 atom stereocenters. The van der Waals surface area contributed by atoms with E-state index in [1.165, 1.54) is 18.9 Å². The lowest BCUT2D eigenvalue weighted by Gasteiger charge is -2.37. The van der Waals surface area contributed by atoms with Crippen LogP contribution in [0.25, 0.3) is 0 Å². The molecule has 1 aromatic carbocycles. The van der Waals surface area contributed by atoms with E-state index in [4.69, 9.17) is 14.2 Å². The van der Waals surface area contributed by atoms with Crippen LogP contribution < -0.4 is 9.47 Å². The van der Waals surface area contributed by atoms with Gasteiger partial charge in [-0.1, -0.05) is 25.8 Å². The zero-order chi connectivity index (χ0) is 23.5. The summed E-state index contributed by atoms with van der Waals surface area (Å²) in [4.78, 5) is 24.3. The van der Waals surface area contributed by atoms with E-state index in [1.807, 2.05) is 31.2 Å². The topological polar surface area (TPSA) is 61.8 Å². The molecule has 0 unspecified atom stereocenters. The van der Waals surface area contributed by atoms with Crippen LogP contribution >= 0.6 is 0 Å². The fourth-order valence-electron chi connectivity index (χ4n) is 5.19. The number of carbonyl (C=O) groups is 2. The summed E-state index contributed by atoms with van der Waals surface area (Å²) in [7, 11) is 0. The average Bonchev–Trinajstić information content (AvgIpc) is 2.83. The fraction of sp³-hybridized carbons (Fsp3) is 0.643. The van der Waals surface area contributed by atoms with Crippen LogP contribution in [0.4, 0.5) is 0 Å². The summed E-state index contributed by atoms with van der Waals surface area (Å²) in [5.41, 5.74) is 0. The third kappa shape index (κ3) is 8.21. The lowest BCUT2D eigenvalue weighted by Crippen LogP contribution is -2.31. The summed E-state index contributed by atoms with van der Waals surface area (Å²) in [6.45, 7) is 4.72. The van der Waals surface area contributed by atoms with Crippen LogP contribution in [0.15, 0.2) is 36.4 Å². The number of allylic oxidation sites excluding steroid dienone is 1. The molecule has 0 bridgehead atoms. The number of benzene rings is 1. The average molecular weight is 457 g/mol. The molecule has 0 N–H and O–H groups in total. The molecule has 0 heterocycles. The molecule has 2 aliphatic carbocycles. The Balaban J connectivity index is 1.36. The van der Waals surface area contributed by atoms with Gasteiger partial charge in [0.15, 0.2) is 0 Å². The van der Waals surface area contributed by atoms with E-state index < -0.39 is 0 Å². The molecule has 0 saturated heterocycles. The third-order valence-electron chi connectivity index (χ3n) is 7.14. The Bertz CT molecular complexity index is 753. The Kier molecular flexibility index (Phi) is 10.3. The first-order chi connectivity index (χ1) is 16.1. The van der Waals surface area contributed by atoms with E-state index >= 15 is 0 Å². The molecular weight excluding hydrogens is 416 g/mol. The maximum absolute atomic E-state index is 12.7. The molecule has 2 aliphatic rings. The predicted octanol–water partition coefficient (Wildman–Crippen LogP) is 6.65. The van der Waals surface area contributed by atoms with E-state index in [1.54, 1.807) is 6.08 Å². The summed E-state index contributed by atoms with van der Waals surface area (Å²) in [5, 5.41) is 0. The van der Waals surface area contributed by atoms with Crippen molar-refractivity contribution in [3.8, 4) is 11.5 Å². The van der Waals surface area contributed by atoms with Gasteiger partial charge >= 0.3 is 11.9 Å². The van der Waals surface area contributed by atoms with E-state index in [-0.39, 0.29) is 24.0 Å². The van der Waals surface area contributed by atoms with E-state index in [9.17, 15) is 9.59 Å². The first-order valence-electron chi connectivity index (χ1n) is 12.9. The lowest BCUT2D eigenvalue weighted by molar-refractivity contribution is -0.145. The SMILES string of the molecule is C/C=C/C(=O)OC1CCC(C2CCC(C(=O)Oc3ccc(OCCCCC)cc3)CC2)CC1. The number of hydrogen-bond acceptors (Lipinski definition) is 5. The zero-order valence-electron chi connectivity index (χ0n) is 20.3. The van der Waals surface area contributed by atoms with Gasteiger partial charge in [0.2, 0.25) is 0 Å². The predicted molar refractivity (Wildman–Crippen MR) is 129 cm³/mol. The van der Waals surface area contributed by atoms with Gasteiger partial charge in [-0.15, -0.1) is 0 Å². The van der Waals surface area contributed by atoms with Gasteiger partial charge < -0.3 is 14.2 Å². The summed E-state index contributed by atoms with van der Waals surface area (Å²) >= 11 is 0. The second-order valence-electron chi connectivity index (χ2n) is 9.53. The van der Waals surface area contributed by atoms with Gasteiger partial charge in [-0.25, -0.2) is 4.79 Å². The van der Waals surface area contributed by atoms with Crippen molar-refractivity contribution in [3.05, 3.63) is 36.4 Å². The van der Waals surface area contributed by atoms with Crippen LogP contribution in [-0.4, -0.2) is 24.6 Å². The van der Waals surface area contributed by atoms with Crippen molar-refractivity contribution in [2.24, 2.45) is 17.8 Å². The highest BCUT2D eigenvalue weighted by Gasteiger charge is 2.34. The smallest absolute Gasteiger partial charge is 0.330 e. The van der Waals surface area contributed by atoms with Crippen molar-refractivity contribution >= 4 is 11.9 Å². The van der Waals surface area contributed by atoms with Crippen molar-refractivity contribution in [1.29, 1.82) is 0 Å². The van der Waals surface area contributed by atoms with Crippen LogP contribution in [0.5, 0.6) is 11.5 Å². The second kappa shape index (κ2) is 13.4. The van der Waals surface area contributed by atoms with Crippen LogP contribution in [0.3, 0.4) is 0 Å². The van der Waals surface area contributed by atoms with Gasteiger partial charge in [-0.2, -0.15) is 0 Å². The first kappa shape index (κ1) is 25.3. The van der Waals surface area contributed by atoms with Crippen LogP contribution in [-0.2, 0) is 14.3 Å². The van der Waals surface area contributed by atoms with E-state index in [0.29, 0.717) is 17.6 Å². The molecule has 0 radical (unpaired) electrons. The third-order valence-corrected chi connectivity index (χ3v) is 7.14. The van der Waals surface area contributed by atoms with Gasteiger partial charge in [0.05, 0.1) is 12.5 Å². The lowest BCUT2D eigenvalue weighted by atomic mass is 9.70. The van der Waals surface area contributed by atoms with Crippen LogP contribution in [0, 0.1) is 17.8 Å². The Morgan fingerprint density at radius 3 is 2.09 bits per heavy atom. The number of unbranched alkanes of at least 4 members (excludes halogenated alkanes) is 2. The molecule has 3 rings (SSSR count). The number of carbonyl (C=O) groups excluding carboxylic acids is 2. The van der Waals surface area contributed by atoms with Gasteiger partial charge in [-0.05, 0) is 101 Å². The molecule has 0 amide bonds. The molecule has 5 nitrogen and oxygen atoms in total. The quantitative estimate of drug-likeness (QED) is 0.171. The summed E-state index contributed by atoms with van der Waals surface area (Å²) < 4.78 is 16.9. The number of ether oxygens (including phenoxy) is 3. The molecule has 1 aromatic rings. The normalized spacial score (nSPS) is 25.5. The molecular formula is C28H40O5. The Morgan fingerprint density at radius 1 is 0.879 bits per heavy atom. The Hall–Kier alpha value is -2.30. The minimum Gasteiger partial charge on any atom is -0.494 e. The van der Waals surface area contributed by atoms with Gasteiger partial charge in [0, 0.05) is 6.08 Å². The summed E-state index contributed by atoms with van der Waals surface area (Å²) in [5.74, 6) is 2.42. The van der Waals surface area contributed by atoms with Crippen LogP contribution in [0.2, 0.25) is 0 Å². The fourth-order valence-corrected chi connectivity index (χ4v) is 5.19.